The molecule has 0 fully saturated rings. The van der Waals surface area contributed by atoms with E-state index in [9.17, 15) is 9.59 Å². The molecule has 2 amide bonds. The smallest absolute Gasteiger partial charge is 0.252 e. The summed E-state index contributed by atoms with van der Waals surface area (Å²) in [7, 11) is 0. The molecule has 1 heterocycles. The van der Waals surface area contributed by atoms with Gasteiger partial charge in [-0.2, -0.15) is 0 Å². The van der Waals surface area contributed by atoms with Crippen LogP contribution in [0.15, 0.2) is 54.9 Å². The van der Waals surface area contributed by atoms with E-state index in [1.807, 2.05) is 31.2 Å². The Balaban J connectivity index is 1.70. The minimum absolute atomic E-state index is 0.192. The number of amides is 2. The summed E-state index contributed by atoms with van der Waals surface area (Å²) in [6.45, 7) is 2.73. The number of hydrogen-bond acceptors (Lipinski definition) is 3. The van der Waals surface area contributed by atoms with Gasteiger partial charge in [0.2, 0.25) is 5.91 Å². The third-order valence-corrected chi connectivity index (χ3v) is 3.10. The van der Waals surface area contributed by atoms with Crippen molar-refractivity contribution >= 4 is 17.9 Å². The summed E-state index contributed by atoms with van der Waals surface area (Å²) in [5.41, 5.74) is 2.62. The first-order valence-corrected chi connectivity index (χ1v) is 7.36. The number of hydrogen-bond donors (Lipinski definition) is 2. The van der Waals surface area contributed by atoms with Gasteiger partial charge < -0.3 is 10.6 Å². The monoisotopic (exact) mass is 309 g/mol. The first-order chi connectivity index (χ1) is 11.1. The number of aryl methyl sites for hydroxylation is 1. The van der Waals surface area contributed by atoms with Crippen LogP contribution in [0, 0.1) is 6.92 Å². The lowest BCUT2D eigenvalue weighted by Crippen LogP contribution is -2.34. The zero-order valence-electron chi connectivity index (χ0n) is 13.0. The minimum Gasteiger partial charge on any atom is -0.351 e. The Kier molecular flexibility index (Phi) is 6.06. The van der Waals surface area contributed by atoms with Crippen LogP contribution >= 0.6 is 0 Å². The highest BCUT2D eigenvalue weighted by atomic mass is 16.2. The molecule has 0 spiro atoms. The molecule has 118 valence electrons. The van der Waals surface area contributed by atoms with Gasteiger partial charge in [0.05, 0.1) is 5.56 Å². The average molecular weight is 309 g/mol. The van der Waals surface area contributed by atoms with Crippen molar-refractivity contribution in [2.75, 3.05) is 13.1 Å². The van der Waals surface area contributed by atoms with Crippen molar-refractivity contribution in [3.8, 4) is 0 Å². The first-order valence-electron chi connectivity index (χ1n) is 7.36. The molecule has 0 bridgehead atoms. The summed E-state index contributed by atoms with van der Waals surface area (Å²) >= 11 is 0. The van der Waals surface area contributed by atoms with E-state index in [1.54, 1.807) is 24.4 Å². The van der Waals surface area contributed by atoms with Gasteiger partial charge >= 0.3 is 0 Å². The van der Waals surface area contributed by atoms with Gasteiger partial charge in [-0.1, -0.05) is 29.8 Å². The van der Waals surface area contributed by atoms with Crippen LogP contribution in [-0.4, -0.2) is 29.9 Å². The number of nitrogens with zero attached hydrogens (tertiary/aromatic N) is 1. The molecule has 23 heavy (non-hydrogen) atoms. The van der Waals surface area contributed by atoms with Crippen molar-refractivity contribution in [3.63, 3.8) is 0 Å². The van der Waals surface area contributed by atoms with E-state index in [-0.39, 0.29) is 11.8 Å². The summed E-state index contributed by atoms with van der Waals surface area (Å²) in [6.07, 6.45) is 6.35. The highest BCUT2D eigenvalue weighted by molar-refractivity contribution is 5.94. The molecule has 1 aromatic heterocycles. The fourth-order valence-corrected chi connectivity index (χ4v) is 1.97. The van der Waals surface area contributed by atoms with E-state index in [0.29, 0.717) is 18.7 Å². The maximum absolute atomic E-state index is 11.8. The molecular formula is C18H19N3O2. The van der Waals surface area contributed by atoms with E-state index >= 15 is 0 Å². The van der Waals surface area contributed by atoms with Gasteiger partial charge in [0.15, 0.2) is 0 Å². The molecule has 0 atom stereocenters. The summed E-state index contributed by atoms with van der Waals surface area (Å²) < 4.78 is 0. The van der Waals surface area contributed by atoms with E-state index in [2.05, 4.69) is 15.6 Å². The van der Waals surface area contributed by atoms with Gasteiger partial charge in [-0.3, -0.25) is 14.6 Å². The Bertz CT molecular complexity index is 696. The largest absolute Gasteiger partial charge is 0.351 e. The molecule has 0 saturated carbocycles. The van der Waals surface area contributed by atoms with E-state index in [1.165, 1.54) is 12.3 Å². The minimum atomic E-state index is -0.206. The van der Waals surface area contributed by atoms with Crippen molar-refractivity contribution in [1.29, 1.82) is 0 Å². The van der Waals surface area contributed by atoms with Crippen LogP contribution in [0.5, 0.6) is 0 Å². The normalized spacial score (nSPS) is 10.5. The Labute approximate surface area is 135 Å². The molecule has 1 aromatic carbocycles. The second kappa shape index (κ2) is 8.48. The first kappa shape index (κ1) is 16.4. The van der Waals surface area contributed by atoms with E-state index in [4.69, 9.17) is 0 Å². The molecule has 0 unspecified atom stereocenters. The molecular weight excluding hydrogens is 290 g/mol. The summed E-state index contributed by atoms with van der Waals surface area (Å²) in [6, 6.07) is 11.3. The molecule has 0 aliphatic carbocycles. The quantitative estimate of drug-likeness (QED) is 0.633. The number of carbonyl (C=O) groups excluding carboxylic acids is 2. The second-order valence-corrected chi connectivity index (χ2v) is 5.04. The van der Waals surface area contributed by atoms with Crippen LogP contribution < -0.4 is 10.6 Å². The third kappa shape index (κ3) is 5.74. The van der Waals surface area contributed by atoms with Crippen molar-refractivity contribution in [3.05, 3.63) is 71.6 Å². The van der Waals surface area contributed by atoms with Gasteiger partial charge in [0.25, 0.3) is 5.91 Å². The van der Waals surface area contributed by atoms with Crippen LogP contribution in [0.1, 0.15) is 21.5 Å². The molecule has 0 aliphatic heterocycles. The molecule has 0 saturated heterocycles. The van der Waals surface area contributed by atoms with Crippen molar-refractivity contribution in [2.24, 2.45) is 0 Å². The predicted molar refractivity (Wildman–Crippen MR) is 89.8 cm³/mol. The van der Waals surface area contributed by atoms with Crippen LogP contribution in [0.2, 0.25) is 0 Å². The standard InChI is InChI=1S/C18H19N3O2/c1-14-4-2-5-15(12-14)7-8-17(22)20-10-11-21-18(23)16-6-3-9-19-13-16/h2-9,12-13H,10-11H2,1H3,(H,20,22)(H,21,23)/b8-7+. The highest BCUT2D eigenvalue weighted by Crippen LogP contribution is 2.05. The van der Waals surface area contributed by atoms with Gasteiger partial charge in [-0.15, -0.1) is 0 Å². The molecule has 0 aliphatic rings. The van der Waals surface area contributed by atoms with Gasteiger partial charge in [-0.05, 0) is 30.7 Å². The van der Waals surface area contributed by atoms with E-state index < -0.39 is 0 Å². The number of aromatic nitrogens is 1. The molecule has 2 N–H and O–H groups in total. The lowest BCUT2D eigenvalue weighted by molar-refractivity contribution is -0.116. The maximum Gasteiger partial charge on any atom is 0.252 e. The SMILES string of the molecule is Cc1cccc(/C=C/C(=O)NCCNC(=O)c2cccnc2)c1. The summed E-state index contributed by atoms with van der Waals surface area (Å²) in [4.78, 5) is 27.3. The predicted octanol–water partition coefficient (Wildman–Crippen LogP) is 1.95. The van der Waals surface area contributed by atoms with Gasteiger partial charge in [-0.25, -0.2) is 0 Å². The van der Waals surface area contributed by atoms with Gasteiger partial charge in [0.1, 0.15) is 0 Å². The molecule has 0 radical (unpaired) electrons. The van der Waals surface area contributed by atoms with Crippen LogP contribution in [0.25, 0.3) is 6.08 Å². The Morgan fingerprint density at radius 2 is 1.96 bits per heavy atom. The Hall–Kier alpha value is -2.95. The fraction of sp³-hybridized carbons (Fsp3) is 0.167. The van der Waals surface area contributed by atoms with Crippen molar-refractivity contribution in [2.45, 2.75) is 6.92 Å². The Morgan fingerprint density at radius 3 is 2.70 bits per heavy atom. The van der Waals surface area contributed by atoms with Gasteiger partial charge in [0, 0.05) is 31.6 Å². The fourth-order valence-electron chi connectivity index (χ4n) is 1.97. The lowest BCUT2D eigenvalue weighted by Gasteiger charge is -2.05. The molecule has 5 heteroatoms. The van der Waals surface area contributed by atoms with Crippen LogP contribution in [0.4, 0.5) is 0 Å². The zero-order valence-corrected chi connectivity index (χ0v) is 13.0. The van der Waals surface area contributed by atoms with Crippen molar-refractivity contribution in [1.82, 2.24) is 15.6 Å². The molecule has 2 aromatic rings. The maximum atomic E-state index is 11.8. The van der Waals surface area contributed by atoms with Crippen molar-refractivity contribution < 1.29 is 9.59 Å². The number of benzene rings is 1. The van der Waals surface area contributed by atoms with E-state index in [0.717, 1.165) is 11.1 Å². The third-order valence-electron chi connectivity index (χ3n) is 3.10. The molecule has 2 rings (SSSR count). The highest BCUT2D eigenvalue weighted by Gasteiger charge is 2.03. The average Bonchev–Trinajstić information content (AvgIpc) is 2.57. The second-order valence-electron chi connectivity index (χ2n) is 5.04. The number of pyridine rings is 1. The number of rotatable bonds is 6. The zero-order chi connectivity index (χ0) is 16.5. The summed E-state index contributed by atoms with van der Waals surface area (Å²) in [5, 5.41) is 5.44. The Morgan fingerprint density at radius 1 is 1.13 bits per heavy atom. The van der Waals surface area contributed by atoms with Crippen LogP contribution in [0.3, 0.4) is 0 Å². The lowest BCUT2D eigenvalue weighted by atomic mass is 10.1. The summed E-state index contributed by atoms with van der Waals surface area (Å²) in [5.74, 6) is -0.398. The number of carbonyl (C=O) groups is 2. The topological polar surface area (TPSA) is 71.1 Å². The number of nitrogens with one attached hydrogen (secondary N) is 2. The van der Waals surface area contributed by atoms with Crippen LogP contribution in [-0.2, 0) is 4.79 Å². The molecule has 5 nitrogen and oxygen atoms in total.